The number of amides is 1. The summed E-state index contributed by atoms with van der Waals surface area (Å²) in [6.07, 6.45) is -3.75. The van der Waals surface area contributed by atoms with Crippen molar-refractivity contribution < 1.29 is 18.0 Å². The summed E-state index contributed by atoms with van der Waals surface area (Å²) in [5.41, 5.74) is -0.466. The van der Waals surface area contributed by atoms with Gasteiger partial charge < -0.3 is 10.6 Å². The molecule has 1 amide bonds. The molecule has 0 aromatic heterocycles. The topological polar surface area (TPSA) is 41.1 Å². The fraction of sp³-hybridized carbons (Fsp3) is 0.462. The molecule has 2 N–H and O–H groups in total. The van der Waals surface area contributed by atoms with Gasteiger partial charge in [0, 0.05) is 18.8 Å². The van der Waals surface area contributed by atoms with Crippen LogP contribution in [0.4, 0.5) is 18.9 Å². The lowest BCUT2D eigenvalue weighted by atomic mass is 10.1. The molecular weight excluding hydrogens is 257 g/mol. The van der Waals surface area contributed by atoms with Crippen LogP contribution in [0.25, 0.3) is 0 Å². The normalized spacial score (nSPS) is 12.9. The van der Waals surface area contributed by atoms with Gasteiger partial charge in [-0.15, -0.1) is 0 Å². The highest BCUT2D eigenvalue weighted by Crippen LogP contribution is 2.31. The Labute approximate surface area is 110 Å². The first-order chi connectivity index (χ1) is 8.79. The summed E-state index contributed by atoms with van der Waals surface area (Å²) in [6, 6.07) is 2.98. The minimum absolute atomic E-state index is 0.00220. The number of halogens is 3. The van der Waals surface area contributed by atoms with Crippen LogP contribution in [0.2, 0.25) is 0 Å². The van der Waals surface area contributed by atoms with Crippen LogP contribution >= 0.6 is 0 Å². The van der Waals surface area contributed by atoms with Crippen molar-refractivity contribution in [2.24, 2.45) is 0 Å². The summed E-state index contributed by atoms with van der Waals surface area (Å²) >= 11 is 0. The summed E-state index contributed by atoms with van der Waals surface area (Å²) in [4.78, 5) is 12.0. The van der Waals surface area contributed by atoms with Crippen molar-refractivity contribution in [3.8, 4) is 0 Å². The predicted octanol–water partition coefficient (Wildman–Crippen LogP) is 3.28. The molecule has 0 aliphatic carbocycles. The van der Waals surface area contributed by atoms with Gasteiger partial charge in [0.15, 0.2) is 0 Å². The van der Waals surface area contributed by atoms with E-state index in [4.69, 9.17) is 0 Å². The van der Waals surface area contributed by atoms with Crippen molar-refractivity contribution in [1.29, 1.82) is 0 Å². The number of anilines is 1. The SMILES string of the molecule is CCC(C)NC(=O)c1cc(C(F)(F)F)ccc1NC. The summed E-state index contributed by atoms with van der Waals surface area (Å²) in [7, 11) is 1.56. The van der Waals surface area contributed by atoms with Crippen LogP contribution in [0.3, 0.4) is 0 Å². The molecule has 0 aliphatic rings. The summed E-state index contributed by atoms with van der Waals surface area (Å²) in [5, 5.41) is 5.37. The van der Waals surface area contributed by atoms with E-state index in [1.165, 1.54) is 6.07 Å². The number of rotatable bonds is 4. The van der Waals surface area contributed by atoms with E-state index >= 15 is 0 Å². The van der Waals surface area contributed by atoms with Gasteiger partial charge in [-0.25, -0.2) is 0 Å². The summed E-state index contributed by atoms with van der Waals surface area (Å²) < 4.78 is 37.9. The number of hydrogen-bond acceptors (Lipinski definition) is 2. The van der Waals surface area contributed by atoms with E-state index in [-0.39, 0.29) is 11.6 Å². The Bertz CT molecular complexity index is 458. The Balaban J connectivity index is 3.12. The average molecular weight is 274 g/mol. The van der Waals surface area contributed by atoms with Gasteiger partial charge in [0.05, 0.1) is 11.1 Å². The molecule has 1 unspecified atom stereocenters. The molecule has 1 aromatic rings. The third-order valence-corrected chi connectivity index (χ3v) is 2.85. The Morgan fingerprint density at radius 1 is 1.37 bits per heavy atom. The number of nitrogens with one attached hydrogen (secondary N) is 2. The second-order valence-electron chi connectivity index (χ2n) is 4.29. The lowest BCUT2D eigenvalue weighted by Gasteiger charge is -2.16. The van der Waals surface area contributed by atoms with Crippen LogP contribution in [-0.2, 0) is 6.18 Å². The molecule has 3 nitrogen and oxygen atoms in total. The van der Waals surface area contributed by atoms with E-state index in [2.05, 4.69) is 10.6 Å². The Kier molecular flexibility index (Phi) is 4.80. The van der Waals surface area contributed by atoms with E-state index in [0.717, 1.165) is 12.1 Å². The maximum atomic E-state index is 12.6. The monoisotopic (exact) mass is 274 g/mol. The molecule has 0 aliphatic heterocycles. The molecule has 1 atom stereocenters. The molecule has 0 radical (unpaired) electrons. The number of carbonyl (C=O) groups is 1. The zero-order chi connectivity index (χ0) is 14.6. The van der Waals surface area contributed by atoms with Gasteiger partial charge in [-0.05, 0) is 31.5 Å². The van der Waals surface area contributed by atoms with E-state index in [1.807, 2.05) is 6.92 Å². The van der Waals surface area contributed by atoms with Crippen LogP contribution < -0.4 is 10.6 Å². The molecule has 0 saturated heterocycles. The largest absolute Gasteiger partial charge is 0.416 e. The zero-order valence-electron chi connectivity index (χ0n) is 11.1. The minimum atomic E-state index is -4.46. The Morgan fingerprint density at radius 3 is 2.47 bits per heavy atom. The highest BCUT2D eigenvalue weighted by Gasteiger charge is 2.31. The maximum Gasteiger partial charge on any atom is 0.416 e. The van der Waals surface area contributed by atoms with Crippen LogP contribution in [0.1, 0.15) is 36.2 Å². The van der Waals surface area contributed by atoms with Crippen LogP contribution in [0, 0.1) is 0 Å². The first-order valence-corrected chi connectivity index (χ1v) is 5.99. The predicted molar refractivity (Wildman–Crippen MR) is 68.2 cm³/mol. The van der Waals surface area contributed by atoms with Gasteiger partial charge >= 0.3 is 6.18 Å². The fourth-order valence-corrected chi connectivity index (χ4v) is 1.53. The average Bonchev–Trinajstić information content (AvgIpc) is 2.36. The van der Waals surface area contributed by atoms with Crippen molar-refractivity contribution >= 4 is 11.6 Å². The van der Waals surface area contributed by atoms with Crippen LogP contribution in [0.5, 0.6) is 0 Å². The van der Waals surface area contributed by atoms with Crippen molar-refractivity contribution in [1.82, 2.24) is 5.32 Å². The van der Waals surface area contributed by atoms with Gasteiger partial charge in [-0.1, -0.05) is 6.92 Å². The summed E-state index contributed by atoms with van der Waals surface area (Å²) in [6.45, 7) is 3.68. The minimum Gasteiger partial charge on any atom is -0.387 e. The van der Waals surface area contributed by atoms with Gasteiger partial charge in [0.2, 0.25) is 0 Å². The van der Waals surface area contributed by atoms with Crippen molar-refractivity contribution in [2.45, 2.75) is 32.5 Å². The third kappa shape index (κ3) is 3.87. The zero-order valence-corrected chi connectivity index (χ0v) is 11.1. The third-order valence-electron chi connectivity index (χ3n) is 2.85. The number of carbonyl (C=O) groups excluding carboxylic acids is 1. The molecule has 0 bridgehead atoms. The van der Waals surface area contributed by atoms with Crippen molar-refractivity contribution in [2.75, 3.05) is 12.4 Å². The quantitative estimate of drug-likeness (QED) is 0.884. The molecule has 106 valence electrons. The van der Waals surface area contributed by atoms with E-state index in [0.29, 0.717) is 12.1 Å². The van der Waals surface area contributed by atoms with Crippen molar-refractivity contribution in [3.63, 3.8) is 0 Å². The number of benzene rings is 1. The Morgan fingerprint density at radius 2 is 2.00 bits per heavy atom. The van der Waals surface area contributed by atoms with Gasteiger partial charge in [0.1, 0.15) is 0 Å². The molecule has 6 heteroatoms. The molecule has 1 aromatic carbocycles. The molecular formula is C13H17F3N2O. The number of alkyl halides is 3. The second-order valence-corrected chi connectivity index (χ2v) is 4.29. The van der Waals surface area contributed by atoms with Gasteiger partial charge in [-0.2, -0.15) is 13.2 Å². The molecule has 0 fully saturated rings. The lowest BCUT2D eigenvalue weighted by Crippen LogP contribution is -2.32. The fourth-order valence-electron chi connectivity index (χ4n) is 1.53. The smallest absolute Gasteiger partial charge is 0.387 e. The Hall–Kier alpha value is -1.72. The van der Waals surface area contributed by atoms with Gasteiger partial charge in [0.25, 0.3) is 5.91 Å². The van der Waals surface area contributed by atoms with E-state index in [9.17, 15) is 18.0 Å². The van der Waals surface area contributed by atoms with Crippen LogP contribution in [0.15, 0.2) is 18.2 Å². The maximum absolute atomic E-state index is 12.6. The molecule has 0 saturated carbocycles. The van der Waals surface area contributed by atoms with Gasteiger partial charge in [-0.3, -0.25) is 4.79 Å². The van der Waals surface area contributed by atoms with Crippen LogP contribution in [-0.4, -0.2) is 19.0 Å². The standard InChI is InChI=1S/C13H17F3N2O/c1-4-8(2)18-12(19)10-7-9(13(14,15)16)5-6-11(10)17-3/h5-8,17H,4H2,1-3H3,(H,18,19). The van der Waals surface area contributed by atoms with E-state index < -0.39 is 17.6 Å². The van der Waals surface area contributed by atoms with Crippen molar-refractivity contribution in [3.05, 3.63) is 29.3 Å². The summed E-state index contributed by atoms with van der Waals surface area (Å²) in [5.74, 6) is -0.509. The first kappa shape index (κ1) is 15.3. The molecule has 1 rings (SSSR count). The highest BCUT2D eigenvalue weighted by molar-refractivity contribution is 6.00. The van der Waals surface area contributed by atoms with E-state index in [1.54, 1.807) is 14.0 Å². The lowest BCUT2D eigenvalue weighted by molar-refractivity contribution is -0.137. The molecule has 0 spiro atoms. The molecule has 0 heterocycles. The number of hydrogen-bond donors (Lipinski definition) is 2. The molecule has 19 heavy (non-hydrogen) atoms. The second kappa shape index (κ2) is 5.95. The first-order valence-electron chi connectivity index (χ1n) is 5.99. The highest BCUT2D eigenvalue weighted by atomic mass is 19.4.